The molecule has 0 amide bonds. The molecule has 0 fully saturated rings. The van der Waals surface area contributed by atoms with E-state index in [4.69, 9.17) is 18.9 Å². The topological polar surface area (TPSA) is 77.4 Å². The van der Waals surface area contributed by atoms with Crippen LogP contribution in [0.2, 0.25) is 0 Å². The second-order valence-corrected chi connectivity index (χ2v) is 12.1. The first-order chi connectivity index (χ1) is 18.4. The molecule has 0 spiro atoms. The van der Waals surface area contributed by atoms with Crippen LogP contribution in [0.25, 0.3) is 0 Å². The van der Waals surface area contributed by atoms with Gasteiger partial charge in [0, 0.05) is 20.4 Å². The van der Waals surface area contributed by atoms with Gasteiger partial charge in [-0.15, -0.1) is 0 Å². The third kappa shape index (κ3) is 15.2. The van der Waals surface area contributed by atoms with Crippen molar-refractivity contribution >= 4 is 45.2 Å². The third-order valence-electron chi connectivity index (χ3n) is 5.83. The molecule has 0 heterocycles. The van der Waals surface area contributed by atoms with Crippen LogP contribution in [0.15, 0.2) is 36.4 Å². The predicted octanol–water partition coefficient (Wildman–Crippen LogP) is 6.57. The second-order valence-electron chi connectivity index (χ2n) is 9.58. The first-order valence-corrected chi connectivity index (χ1v) is 15.9. The average Bonchev–Trinajstić information content (AvgIpc) is 2.89. The van der Waals surface area contributed by atoms with Gasteiger partial charge in [0.05, 0.1) is 13.2 Å². The van der Waals surface area contributed by atoms with Gasteiger partial charge in [0.15, 0.2) is 0 Å². The second kappa shape index (κ2) is 20.3. The molecule has 0 aromatic heterocycles. The minimum Gasteiger partial charge on any atom is -0.491 e. The molecular formula is C30H44I2O6. The number of benzene rings is 2. The maximum absolute atomic E-state index is 10.3. The first kappa shape index (κ1) is 33.5. The molecule has 0 radical (unpaired) electrons. The van der Waals surface area contributed by atoms with E-state index >= 15 is 0 Å². The summed E-state index contributed by atoms with van der Waals surface area (Å²) in [6, 6.07) is 12.4. The molecule has 2 rings (SSSR count). The fraction of sp³-hybridized carbons (Fsp3) is 0.600. The summed E-state index contributed by atoms with van der Waals surface area (Å²) in [5.74, 6) is 1.59. The number of aryl methyl sites for hydroxylation is 2. The van der Waals surface area contributed by atoms with Gasteiger partial charge in [-0.05, 0) is 125 Å². The van der Waals surface area contributed by atoms with Crippen molar-refractivity contribution in [3.63, 3.8) is 0 Å². The normalized spacial score (nSPS) is 12.9. The number of rotatable bonds is 21. The van der Waals surface area contributed by atoms with E-state index in [1.54, 1.807) is 0 Å². The van der Waals surface area contributed by atoms with Crippen molar-refractivity contribution in [2.45, 2.75) is 77.4 Å². The summed E-state index contributed by atoms with van der Waals surface area (Å²) in [5, 5.41) is 20.4. The molecule has 0 saturated heterocycles. The van der Waals surface area contributed by atoms with Gasteiger partial charge in [-0.2, -0.15) is 0 Å². The van der Waals surface area contributed by atoms with Gasteiger partial charge in [-0.25, -0.2) is 0 Å². The smallest absolute Gasteiger partial charge is 0.121 e. The molecule has 2 aromatic carbocycles. The highest BCUT2D eigenvalue weighted by molar-refractivity contribution is 14.1. The van der Waals surface area contributed by atoms with Crippen molar-refractivity contribution in [1.29, 1.82) is 0 Å². The minimum atomic E-state index is -0.674. The molecule has 0 bridgehead atoms. The van der Waals surface area contributed by atoms with Gasteiger partial charge in [0.2, 0.25) is 0 Å². The SMILES string of the molecule is CCCCc1cc(CCCC)cc(OCC(O)COCCCCOCC(O)COc2cc(I)cc(I)c2)c1. The zero-order valence-corrected chi connectivity index (χ0v) is 27.1. The fourth-order valence-corrected chi connectivity index (χ4v) is 5.68. The van der Waals surface area contributed by atoms with Crippen molar-refractivity contribution < 1.29 is 29.2 Å². The summed E-state index contributed by atoms with van der Waals surface area (Å²) in [5.41, 5.74) is 2.62. The van der Waals surface area contributed by atoms with Crippen LogP contribution in [-0.4, -0.2) is 62.1 Å². The number of halogens is 2. The van der Waals surface area contributed by atoms with Crippen LogP contribution >= 0.6 is 45.2 Å². The lowest BCUT2D eigenvalue weighted by atomic mass is 10.0. The zero-order valence-electron chi connectivity index (χ0n) is 22.8. The van der Waals surface area contributed by atoms with Crippen LogP contribution in [0, 0.1) is 7.14 Å². The lowest BCUT2D eigenvalue weighted by Gasteiger charge is -2.15. The van der Waals surface area contributed by atoms with E-state index in [0.717, 1.165) is 44.3 Å². The zero-order chi connectivity index (χ0) is 27.6. The maximum Gasteiger partial charge on any atom is 0.121 e. The number of aliphatic hydroxyl groups is 2. The number of aliphatic hydroxyl groups excluding tert-OH is 2. The molecule has 38 heavy (non-hydrogen) atoms. The van der Waals surface area contributed by atoms with Crippen molar-refractivity contribution in [3.05, 3.63) is 54.7 Å². The summed E-state index contributed by atoms with van der Waals surface area (Å²) in [7, 11) is 0. The van der Waals surface area contributed by atoms with Crippen molar-refractivity contribution in [3.8, 4) is 11.5 Å². The average molecular weight is 754 g/mol. The Labute approximate surface area is 256 Å². The van der Waals surface area contributed by atoms with Gasteiger partial charge in [-0.1, -0.05) is 32.8 Å². The Bertz CT molecular complexity index is 864. The Morgan fingerprint density at radius 2 is 1.05 bits per heavy atom. The van der Waals surface area contributed by atoms with Crippen LogP contribution < -0.4 is 9.47 Å². The molecule has 6 nitrogen and oxygen atoms in total. The third-order valence-corrected chi connectivity index (χ3v) is 7.08. The van der Waals surface area contributed by atoms with Crippen molar-refractivity contribution in [2.75, 3.05) is 39.6 Å². The highest BCUT2D eigenvalue weighted by Crippen LogP contribution is 2.22. The molecule has 214 valence electrons. The number of unbranched alkanes of at least 4 members (excludes halogenated alkanes) is 3. The lowest BCUT2D eigenvalue weighted by Crippen LogP contribution is -2.24. The summed E-state index contributed by atoms with van der Waals surface area (Å²) in [6.45, 7) is 6.39. The van der Waals surface area contributed by atoms with Gasteiger partial charge in [-0.3, -0.25) is 0 Å². The molecule has 0 aliphatic heterocycles. The predicted molar refractivity (Wildman–Crippen MR) is 169 cm³/mol. The Hall–Kier alpha value is -0.660. The molecule has 0 aliphatic carbocycles. The monoisotopic (exact) mass is 754 g/mol. The highest BCUT2D eigenvalue weighted by Gasteiger charge is 2.09. The van der Waals surface area contributed by atoms with Crippen LogP contribution in [0.1, 0.15) is 63.5 Å². The molecular weight excluding hydrogens is 710 g/mol. The summed E-state index contributed by atoms with van der Waals surface area (Å²) >= 11 is 4.49. The molecule has 2 N–H and O–H groups in total. The summed E-state index contributed by atoms with van der Waals surface area (Å²) < 4.78 is 24.9. The minimum absolute atomic E-state index is 0.197. The van der Waals surface area contributed by atoms with E-state index < -0.39 is 12.2 Å². The number of ether oxygens (including phenoxy) is 4. The van der Waals surface area contributed by atoms with Crippen LogP contribution in [0.5, 0.6) is 11.5 Å². The molecule has 2 atom stereocenters. The Balaban J connectivity index is 1.54. The fourth-order valence-electron chi connectivity index (χ4n) is 3.80. The standard InChI is InChI=1S/C30H44I2O6/c1-3-5-9-23-13-24(10-6-4-2)15-29(14-23)37-21-27(33)19-35-11-7-8-12-36-20-28(34)22-38-30-17-25(31)16-26(32)18-30/h13-18,27-28,33-34H,3-12,19-22H2,1-2H3. The number of hydrogen-bond acceptors (Lipinski definition) is 6. The number of hydrogen-bond donors (Lipinski definition) is 2. The maximum atomic E-state index is 10.3. The van der Waals surface area contributed by atoms with E-state index in [9.17, 15) is 10.2 Å². The Kier molecular flexibility index (Phi) is 17.9. The van der Waals surface area contributed by atoms with Crippen molar-refractivity contribution in [1.82, 2.24) is 0 Å². The Morgan fingerprint density at radius 3 is 1.50 bits per heavy atom. The highest BCUT2D eigenvalue weighted by atomic mass is 127. The van der Waals surface area contributed by atoms with E-state index in [-0.39, 0.29) is 26.4 Å². The van der Waals surface area contributed by atoms with E-state index in [2.05, 4.69) is 83.3 Å². The van der Waals surface area contributed by atoms with Crippen LogP contribution in [0.3, 0.4) is 0 Å². The summed E-state index contributed by atoms with van der Waals surface area (Å²) in [4.78, 5) is 0. The molecule has 0 aliphatic rings. The molecule has 2 unspecified atom stereocenters. The van der Waals surface area contributed by atoms with Gasteiger partial charge >= 0.3 is 0 Å². The lowest BCUT2D eigenvalue weighted by molar-refractivity contribution is 0.000245. The Morgan fingerprint density at radius 1 is 0.605 bits per heavy atom. The molecule has 8 heteroatoms. The van der Waals surface area contributed by atoms with E-state index in [1.807, 2.05) is 12.1 Å². The van der Waals surface area contributed by atoms with Crippen LogP contribution in [0.4, 0.5) is 0 Å². The first-order valence-electron chi connectivity index (χ1n) is 13.8. The quantitative estimate of drug-likeness (QED) is 0.111. The van der Waals surface area contributed by atoms with E-state index in [1.165, 1.54) is 36.8 Å². The summed E-state index contributed by atoms with van der Waals surface area (Å²) in [6.07, 6.45) is 7.08. The van der Waals surface area contributed by atoms with Gasteiger partial charge < -0.3 is 29.2 Å². The van der Waals surface area contributed by atoms with Crippen molar-refractivity contribution in [2.24, 2.45) is 0 Å². The van der Waals surface area contributed by atoms with Crippen LogP contribution in [-0.2, 0) is 22.3 Å². The van der Waals surface area contributed by atoms with Gasteiger partial charge in [0.1, 0.15) is 36.9 Å². The molecule has 0 saturated carbocycles. The van der Waals surface area contributed by atoms with Gasteiger partial charge in [0.25, 0.3) is 0 Å². The van der Waals surface area contributed by atoms with E-state index in [0.29, 0.717) is 13.2 Å². The molecule has 2 aromatic rings. The largest absolute Gasteiger partial charge is 0.491 e.